The Morgan fingerprint density at radius 1 is 1.09 bits per heavy atom. The number of aromatic nitrogens is 3. The first-order chi connectivity index (χ1) is 15.5. The largest absolute Gasteiger partial charge is 0.490 e. The molecule has 0 spiro atoms. The van der Waals surface area contributed by atoms with Gasteiger partial charge in [0, 0.05) is 25.2 Å². The third kappa shape index (κ3) is 5.03. The average Bonchev–Trinajstić information content (AvgIpc) is 3.20. The number of amides is 2. The quantitative estimate of drug-likeness (QED) is 0.709. The Balaban J connectivity index is 1.42. The monoisotopic (exact) mass is 441 g/mol. The van der Waals surface area contributed by atoms with Gasteiger partial charge in [0.15, 0.2) is 18.1 Å². The molecule has 1 saturated heterocycles. The first kappa shape index (κ1) is 22.1. The first-order valence-corrected chi connectivity index (χ1v) is 11.4. The molecule has 2 amide bonds. The summed E-state index contributed by atoms with van der Waals surface area (Å²) in [5.41, 5.74) is 0.469. The maximum Gasteiger partial charge on any atom is 0.260 e. The molecule has 4 rings (SSSR count). The van der Waals surface area contributed by atoms with Crippen LogP contribution in [0, 0.1) is 6.92 Å². The predicted octanol–water partition coefficient (Wildman–Crippen LogP) is 2.64. The van der Waals surface area contributed by atoms with Crippen molar-refractivity contribution >= 4 is 11.8 Å². The Labute approximate surface area is 188 Å². The van der Waals surface area contributed by atoms with Gasteiger partial charge in [-0.25, -0.2) is 9.67 Å². The summed E-state index contributed by atoms with van der Waals surface area (Å²) in [5.74, 6) is 2.19. The molecule has 1 aromatic carbocycles. The molecule has 1 N–H and O–H groups in total. The second-order valence-electron chi connectivity index (χ2n) is 8.23. The summed E-state index contributed by atoms with van der Waals surface area (Å²) in [5, 5.41) is 7.45. The number of rotatable bonds is 7. The van der Waals surface area contributed by atoms with E-state index in [4.69, 9.17) is 9.47 Å². The Morgan fingerprint density at radius 3 is 2.69 bits per heavy atom. The number of piperidine rings is 1. The predicted molar refractivity (Wildman–Crippen MR) is 118 cm³/mol. The number of carbonyl (C=O) groups is 2. The van der Waals surface area contributed by atoms with E-state index in [2.05, 4.69) is 15.4 Å². The lowest BCUT2D eigenvalue weighted by Gasteiger charge is -2.26. The van der Waals surface area contributed by atoms with E-state index in [1.54, 1.807) is 18.2 Å². The van der Waals surface area contributed by atoms with Crippen molar-refractivity contribution in [3.63, 3.8) is 0 Å². The highest BCUT2D eigenvalue weighted by atomic mass is 16.5. The van der Waals surface area contributed by atoms with Crippen molar-refractivity contribution in [2.45, 2.75) is 58.5 Å². The van der Waals surface area contributed by atoms with E-state index in [9.17, 15) is 9.59 Å². The van der Waals surface area contributed by atoms with Crippen LogP contribution in [0.15, 0.2) is 18.2 Å². The molecule has 1 unspecified atom stereocenters. The van der Waals surface area contributed by atoms with Gasteiger partial charge in [0.1, 0.15) is 11.6 Å². The van der Waals surface area contributed by atoms with Crippen LogP contribution in [0.3, 0.4) is 0 Å². The molecule has 9 heteroatoms. The zero-order valence-corrected chi connectivity index (χ0v) is 18.8. The summed E-state index contributed by atoms with van der Waals surface area (Å²) in [6.45, 7) is 6.50. The third-order valence-electron chi connectivity index (χ3n) is 5.85. The normalized spacial score (nSPS) is 18.1. The van der Waals surface area contributed by atoms with Crippen molar-refractivity contribution < 1.29 is 19.1 Å². The number of ether oxygens (including phenoxy) is 2. The molecular weight excluding hydrogens is 410 g/mol. The van der Waals surface area contributed by atoms with Crippen molar-refractivity contribution in [1.29, 1.82) is 0 Å². The molecule has 1 aromatic heterocycles. The summed E-state index contributed by atoms with van der Waals surface area (Å²) in [7, 11) is 0. The average molecular weight is 442 g/mol. The Bertz CT molecular complexity index is 967. The number of hydrogen-bond acceptors (Lipinski definition) is 6. The standard InChI is InChI=1S/C23H31N5O4/c1-3-31-20-14-17(9-10-19(20)32-15-21(29)27-11-5-4-6-12-27)23(30)25-18-8-7-13-28-22(18)24-16(2)26-28/h9-10,14,18H,3-8,11-13,15H2,1-2H3,(H,25,30). The Morgan fingerprint density at radius 2 is 1.91 bits per heavy atom. The molecule has 0 saturated carbocycles. The van der Waals surface area contributed by atoms with Gasteiger partial charge in [-0.3, -0.25) is 9.59 Å². The van der Waals surface area contributed by atoms with E-state index in [1.165, 1.54) is 6.42 Å². The van der Waals surface area contributed by atoms with Crippen molar-refractivity contribution in [2.24, 2.45) is 0 Å². The van der Waals surface area contributed by atoms with Crippen LogP contribution in [0.4, 0.5) is 0 Å². The van der Waals surface area contributed by atoms with Gasteiger partial charge in [0.25, 0.3) is 11.8 Å². The number of likely N-dealkylation sites (tertiary alicyclic amines) is 1. The number of nitrogens with one attached hydrogen (secondary N) is 1. The third-order valence-corrected chi connectivity index (χ3v) is 5.85. The topological polar surface area (TPSA) is 98.6 Å². The van der Waals surface area contributed by atoms with E-state index >= 15 is 0 Å². The minimum atomic E-state index is -0.207. The van der Waals surface area contributed by atoms with E-state index in [1.807, 2.05) is 23.4 Å². The SMILES string of the molecule is CCOc1cc(C(=O)NC2CCCn3nc(C)nc32)ccc1OCC(=O)N1CCCCC1. The molecular formula is C23H31N5O4. The first-order valence-electron chi connectivity index (χ1n) is 11.4. The molecule has 172 valence electrons. The number of hydrogen-bond donors (Lipinski definition) is 1. The van der Waals surface area contributed by atoms with Crippen LogP contribution in [0.5, 0.6) is 11.5 Å². The lowest BCUT2D eigenvalue weighted by molar-refractivity contribution is -0.134. The fourth-order valence-electron chi connectivity index (χ4n) is 4.26. The number of carbonyl (C=O) groups excluding carboxylic acids is 2. The minimum absolute atomic E-state index is 0.0225. The molecule has 2 aliphatic heterocycles. The smallest absolute Gasteiger partial charge is 0.260 e. The number of nitrogens with zero attached hydrogens (tertiary/aromatic N) is 4. The molecule has 3 heterocycles. The van der Waals surface area contributed by atoms with Crippen LogP contribution in [-0.2, 0) is 11.3 Å². The molecule has 0 bridgehead atoms. The summed E-state index contributed by atoms with van der Waals surface area (Å²) < 4.78 is 13.3. The van der Waals surface area contributed by atoms with Gasteiger partial charge < -0.3 is 19.7 Å². The van der Waals surface area contributed by atoms with Crippen molar-refractivity contribution in [3.8, 4) is 11.5 Å². The number of fused-ring (bicyclic) bond motifs is 1. The van der Waals surface area contributed by atoms with Gasteiger partial charge in [0.05, 0.1) is 12.6 Å². The maximum atomic E-state index is 12.9. The van der Waals surface area contributed by atoms with Crippen LogP contribution in [0.2, 0.25) is 0 Å². The van der Waals surface area contributed by atoms with Crippen LogP contribution >= 0.6 is 0 Å². The fourth-order valence-corrected chi connectivity index (χ4v) is 4.26. The van der Waals surface area contributed by atoms with E-state index < -0.39 is 0 Å². The maximum absolute atomic E-state index is 12.9. The molecule has 1 atom stereocenters. The van der Waals surface area contributed by atoms with Gasteiger partial charge in [0.2, 0.25) is 0 Å². The van der Waals surface area contributed by atoms with E-state index in [0.29, 0.717) is 29.5 Å². The van der Waals surface area contributed by atoms with Crippen molar-refractivity contribution in [2.75, 3.05) is 26.3 Å². The minimum Gasteiger partial charge on any atom is -0.490 e. The molecule has 2 aliphatic rings. The summed E-state index contributed by atoms with van der Waals surface area (Å²) in [6, 6.07) is 4.87. The Kier molecular flexibility index (Phi) is 6.92. The highest BCUT2D eigenvalue weighted by molar-refractivity contribution is 5.95. The van der Waals surface area contributed by atoms with Crippen LogP contribution in [0.25, 0.3) is 0 Å². The molecule has 2 aromatic rings. The molecule has 32 heavy (non-hydrogen) atoms. The number of aryl methyl sites for hydroxylation is 2. The summed E-state index contributed by atoms with van der Waals surface area (Å²) in [6.07, 6.45) is 5.00. The van der Waals surface area contributed by atoms with E-state index in [0.717, 1.165) is 51.1 Å². The number of benzene rings is 1. The van der Waals surface area contributed by atoms with Gasteiger partial charge >= 0.3 is 0 Å². The fraction of sp³-hybridized carbons (Fsp3) is 0.565. The second-order valence-corrected chi connectivity index (χ2v) is 8.23. The molecule has 1 fully saturated rings. The zero-order valence-electron chi connectivity index (χ0n) is 18.8. The molecule has 9 nitrogen and oxygen atoms in total. The van der Waals surface area contributed by atoms with Crippen LogP contribution < -0.4 is 14.8 Å². The lowest BCUT2D eigenvalue weighted by Crippen LogP contribution is -2.38. The van der Waals surface area contributed by atoms with E-state index in [-0.39, 0.29) is 24.5 Å². The molecule has 0 radical (unpaired) electrons. The van der Waals surface area contributed by atoms with Crippen molar-refractivity contribution in [3.05, 3.63) is 35.4 Å². The Hall–Kier alpha value is -3.10. The second kappa shape index (κ2) is 10.0. The highest BCUT2D eigenvalue weighted by Crippen LogP contribution is 2.30. The van der Waals surface area contributed by atoms with Gasteiger partial charge in [-0.1, -0.05) is 0 Å². The van der Waals surface area contributed by atoms with Gasteiger partial charge in [-0.05, 0) is 64.2 Å². The lowest BCUT2D eigenvalue weighted by atomic mass is 10.1. The zero-order chi connectivity index (χ0) is 22.5. The summed E-state index contributed by atoms with van der Waals surface area (Å²) in [4.78, 5) is 31.7. The van der Waals surface area contributed by atoms with Crippen LogP contribution in [-0.4, -0.2) is 57.8 Å². The van der Waals surface area contributed by atoms with Gasteiger partial charge in [-0.2, -0.15) is 5.10 Å². The molecule has 0 aliphatic carbocycles. The van der Waals surface area contributed by atoms with Gasteiger partial charge in [-0.15, -0.1) is 0 Å². The highest BCUT2D eigenvalue weighted by Gasteiger charge is 2.26. The summed E-state index contributed by atoms with van der Waals surface area (Å²) >= 11 is 0. The van der Waals surface area contributed by atoms with Crippen LogP contribution in [0.1, 0.15) is 67.1 Å². The van der Waals surface area contributed by atoms with Crippen molar-refractivity contribution in [1.82, 2.24) is 25.0 Å².